The van der Waals surface area contributed by atoms with Crippen molar-refractivity contribution in [2.75, 3.05) is 0 Å². The molecule has 112 valence electrons. The first kappa shape index (κ1) is 16.5. The van der Waals surface area contributed by atoms with Crippen molar-refractivity contribution in [3.05, 3.63) is 57.6 Å². The number of hydrogen-bond donors (Lipinski definition) is 1. The molecule has 0 bridgehead atoms. The summed E-state index contributed by atoms with van der Waals surface area (Å²) in [5.41, 5.74) is 5.09. The summed E-state index contributed by atoms with van der Waals surface area (Å²) < 4.78 is 39.4. The number of rotatable bonds is 3. The van der Waals surface area contributed by atoms with Gasteiger partial charge in [0.2, 0.25) is 0 Å². The third-order valence-corrected chi connectivity index (χ3v) is 4.51. The molecule has 0 aromatic heterocycles. The second-order valence-electron chi connectivity index (χ2n) is 4.21. The lowest BCUT2D eigenvalue weighted by molar-refractivity contribution is -0.139. The van der Waals surface area contributed by atoms with E-state index in [1.54, 1.807) is 18.2 Å². The molecule has 0 amide bonds. The van der Waals surface area contributed by atoms with Gasteiger partial charge in [-0.25, -0.2) is 0 Å². The highest BCUT2D eigenvalue weighted by Crippen LogP contribution is 2.42. The molecule has 0 spiro atoms. The van der Waals surface area contributed by atoms with Crippen LogP contribution in [0.2, 0.25) is 10.0 Å². The quantitative estimate of drug-likeness (QED) is 0.776. The smallest absolute Gasteiger partial charge is 0.326 e. The molecule has 1 nitrogen and oxygen atoms in total. The lowest BCUT2D eigenvalue weighted by Gasteiger charge is -2.14. The maximum Gasteiger partial charge on any atom is 0.417 e. The van der Waals surface area contributed by atoms with Gasteiger partial charge in [-0.05, 0) is 35.9 Å². The van der Waals surface area contributed by atoms with E-state index in [4.69, 9.17) is 28.9 Å². The number of halogens is 5. The van der Waals surface area contributed by atoms with Crippen molar-refractivity contribution >= 4 is 35.0 Å². The Morgan fingerprint density at radius 1 is 1.00 bits per heavy atom. The Bertz CT molecular complexity index is 659. The molecular formula is C14H10Cl2F3NS. The van der Waals surface area contributed by atoms with E-state index in [9.17, 15) is 13.2 Å². The molecule has 2 rings (SSSR count). The lowest BCUT2D eigenvalue weighted by Crippen LogP contribution is -2.09. The predicted octanol–water partition coefficient (Wildman–Crippen LogP) is 5.62. The largest absolute Gasteiger partial charge is 0.417 e. The Balaban J connectivity index is 2.46. The monoisotopic (exact) mass is 351 g/mol. The van der Waals surface area contributed by atoms with E-state index < -0.39 is 11.7 Å². The van der Waals surface area contributed by atoms with Crippen LogP contribution in [0.1, 0.15) is 11.1 Å². The van der Waals surface area contributed by atoms with Gasteiger partial charge in [-0.15, -0.1) is 0 Å². The van der Waals surface area contributed by atoms with Gasteiger partial charge in [0, 0.05) is 21.4 Å². The summed E-state index contributed by atoms with van der Waals surface area (Å²) in [5.74, 6) is 0. The first-order chi connectivity index (χ1) is 9.81. The van der Waals surface area contributed by atoms with E-state index in [1.807, 2.05) is 0 Å². The van der Waals surface area contributed by atoms with E-state index in [0.29, 0.717) is 20.5 Å². The summed E-state index contributed by atoms with van der Waals surface area (Å²) in [5, 5.41) is 0.759. The molecule has 21 heavy (non-hydrogen) atoms. The fourth-order valence-electron chi connectivity index (χ4n) is 1.69. The second kappa shape index (κ2) is 6.48. The van der Waals surface area contributed by atoms with Crippen molar-refractivity contribution in [1.82, 2.24) is 0 Å². The van der Waals surface area contributed by atoms with Gasteiger partial charge in [0.15, 0.2) is 0 Å². The van der Waals surface area contributed by atoms with Crippen LogP contribution < -0.4 is 5.73 Å². The van der Waals surface area contributed by atoms with Crippen molar-refractivity contribution in [3.8, 4) is 0 Å². The van der Waals surface area contributed by atoms with E-state index >= 15 is 0 Å². The van der Waals surface area contributed by atoms with E-state index in [0.717, 1.165) is 17.8 Å². The minimum atomic E-state index is -4.46. The van der Waals surface area contributed by atoms with E-state index in [-0.39, 0.29) is 11.4 Å². The number of hydrogen-bond acceptors (Lipinski definition) is 2. The van der Waals surface area contributed by atoms with Crippen LogP contribution in [0.25, 0.3) is 0 Å². The minimum absolute atomic E-state index is 0.0476. The normalized spacial score (nSPS) is 11.7. The molecule has 0 radical (unpaired) electrons. The van der Waals surface area contributed by atoms with Gasteiger partial charge < -0.3 is 5.73 Å². The van der Waals surface area contributed by atoms with Crippen LogP contribution in [0.4, 0.5) is 13.2 Å². The zero-order chi connectivity index (χ0) is 15.6. The molecule has 0 atom stereocenters. The standard InChI is InChI=1S/C14H10Cl2F3NS/c15-9-2-3-11(16)13(6-9)21-12-4-1-8(7-20)5-10(12)14(17,18)19/h1-6H,7,20H2. The summed E-state index contributed by atoms with van der Waals surface area (Å²) in [4.78, 5) is 0.527. The maximum atomic E-state index is 13.1. The zero-order valence-electron chi connectivity index (χ0n) is 10.5. The van der Waals surface area contributed by atoms with Crippen molar-refractivity contribution in [2.45, 2.75) is 22.5 Å². The van der Waals surface area contributed by atoms with Crippen LogP contribution >= 0.6 is 35.0 Å². The Morgan fingerprint density at radius 3 is 2.33 bits per heavy atom. The van der Waals surface area contributed by atoms with E-state index in [2.05, 4.69) is 0 Å². The van der Waals surface area contributed by atoms with Gasteiger partial charge in [-0.1, -0.05) is 41.0 Å². The summed E-state index contributed by atoms with van der Waals surface area (Å²) in [7, 11) is 0. The van der Waals surface area contributed by atoms with Crippen LogP contribution in [0.3, 0.4) is 0 Å². The maximum absolute atomic E-state index is 13.1. The van der Waals surface area contributed by atoms with Gasteiger partial charge in [0.25, 0.3) is 0 Å². The van der Waals surface area contributed by atoms with Crippen molar-refractivity contribution in [1.29, 1.82) is 0 Å². The molecule has 7 heteroatoms. The highest BCUT2D eigenvalue weighted by Gasteiger charge is 2.34. The third-order valence-electron chi connectivity index (χ3n) is 2.70. The van der Waals surface area contributed by atoms with Gasteiger partial charge in [0.1, 0.15) is 0 Å². The van der Waals surface area contributed by atoms with Crippen LogP contribution in [0.5, 0.6) is 0 Å². The van der Waals surface area contributed by atoms with Gasteiger partial charge in [-0.2, -0.15) is 13.2 Å². The fraction of sp³-hybridized carbons (Fsp3) is 0.143. The molecule has 2 N–H and O–H groups in total. The first-order valence-electron chi connectivity index (χ1n) is 5.84. The predicted molar refractivity (Wildman–Crippen MR) is 79.9 cm³/mol. The van der Waals surface area contributed by atoms with Crippen LogP contribution in [-0.4, -0.2) is 0 Å². The summed E-state index contributed by atoms with van der Waals surface area (Å²) >= 11 is 12.8. The molecule has 0 aliphatic carbocycles. The fourth-order valence-corrected chi connectivity index (χ4v) is 3.17. The van der Waals surface area contributed by atoms with Crippen molar-refractivity contribution < 1.29 is 13.2 Å². The van der Waals surface area contributed by atoms with Crippen molar-refractivity contribution in [3.63, 3.8) is 0 Å². The third kappa shape index (κ3) is 4.07. The average molecular weight is 352 g/mol. The number of benzene rings is 2. The van der Waals surface area contributed by atoms with Crippen LogP contribution in [0, 0.1) is 0 Å². The molecule has 0 aliphatic rings. The van der Waals surface area contributed by atoms with Crippen molar-refractivity contribution in [2.24, 2.45) is 5.73 Å². The first-order valence-corrected chi connectivity index (χ1v) is 7.41. The molecule has 2 aromatic rings. The highest BCUT2D eigenvalue weighted by molar-refractivity contribution is 7.99. The lowest BCUT2D eigenvalue weighted by atomic mass is 10.1. The molecule has 2 aromatic carbocycles. The van der Waals surface area contributed by atoms with Crippen LogP contribution in [0.15, 0.2) is 46.2 Å². The Labute approximate surface area is 134 Å². The Morgan fingerprint density at radius 2 is 1.71 bits per heavy atom. The Hall–Kier alpha value is -0.880. The summed E-state index contributed by atoms with van der Waals surface area (Å²) in [6, 6.07) is 8.68. The van der Waals surface area contributed by atoms with Gasteiger partial charge in [0.05, 0.1) is 10.6 Å². The number of alkyl halides is 3. The second-order valence-corrected chi connectivity index (χ2v) is 6.14. The molecular weight excluding hydrogens is 342 g/mol. The zero-order valence-corrected chi connectivity index (χ0v) is 12.9. The number of nitrogens with two attached hydrogens (primary N) is 1. The molecule has 0 heterocycles. The average Bonchev–Trinajstić information content (AvgIpc) is 2.42. The summed E-state index contributed by atoms with van der Waals surface area (Å²) in [6.45, 7) is 0.0476. The topological polar surface area (TPSA) is 26.0 Å². The molecule has 0 aliphatic heterocycles. The molecule has 0 saturated heterocycles. The SMILES string of the molecule is NCc1ccc(Sc2cc(Cl)ccc2Cl)c(C(F)(F)F)c1. The summed E-state index contributed by atoms with van der Waals surface area (Å²) in [6.07, 6.45) is -4.46. The van der Waals surface area contributed by atoms with Gasteiger partial charge >= 0.3 is 6.18 Å². The minimum Gasteiger partial charge on any atom is -0.326 e. The highest BCUT2D eigenvalue weighted by atomic mass is 35.5. The van der Waals surface area contributed by atoms with Crippen LogP contribution in [-0.2, 0) is 12.7 Å². The molecule has 0 saturated carbocycles. The molecule has 0 unspecified atom stereocenters. The van der Waals surface area contributed by atoms with Gasteiger partial charge in [-0.3, -0.25) is 0 Å². The van der Waals surface area contributed by atoms with E-state index in [1.165, 1.54) is 12.1 Å². The molecule has 0 fully saturated rings. The Kier molecular flexibility index (Phi) is 5.09.